The van der Waals surface area contributed by atoms with Gasteiger partial charge in [0.1, 0.15) is 10.6 Å². The molecule has 1 aromatic carbocycles. The molecule has 0 amide bonds. The molecule has 4 rings (SSSR count). The van der Waals surface area contributed by atoms with Crippen molar-refractivity contribution in [2.75, 3.05) is 6.61 Å². The highest BCUT2D eigenvalue weighted by molar-refractivity contribution is 7.14. The van der Waals surface area contributed by atoms with E-state index in [-0.39, 0.29) is 24.6 Å². The summed E-state index contributed by atoms with van der Waals surface area (Å²) in [5.41, 5.74) is 2.31. The van der Waals surface area contributed by atoms with Crippen molar-refractivity contribution >= 4 is 45.4 Å². The van der Waals surface area contributed by atoms with Crippen LogP contribution in [-0.2, 0) is 16.0 Å². The van der Waals surface area contributed by atoms with Crippen LogP contribution in [-0.4, -0.2) is 23.3 Å². The number of hydrogen-bond acceptors (Lipinski definition) is 7. The first-order valence-corrected chi connectivity index (χ1v) is 9.65. The number of benzene rings is 1. The van der Waals surface area contributed by atoms with Gasteiger partial charge in [-0.3, -0.25) is 9.59 Å². The van der Waals surface area contributed by atoms with E-state index < -0.39 is 5.97 Å². The zero-order valence-electron chi connectivity index (χ0n) is 13.5. The SMILES string of the molecule is O=C(Cc1csc(-c2ccsc2)n1)OCC(=O)c1cc2ccccc2o1. The number of hydrogen-bond donors (Lipinski definition) is 0. The van der Waals surface area contributed by atoms with Gasteiger partial charge in [0.05, 0.1) is 12.1 Å². The molecule has 0 aliphatic heterocycles. The molecule has 4 aromatic rings. The summed E-state index contributed by atoms with van der Waals surface area (Å²) >= 11 is 3.08. The van der Waals surface area contributed by atoms with Crippen molar-refractivity contribution < 1.29 is 18.7 Å². The molecule has 0 unspecified atom stereocenters. The van der Waals surface area contributed by atoms with Crippen molar-refractivity contribution in [2.45, 2.75) is 6.42 Å². The number of ether oxygens (including phenoxy) is 1. The number of nitrogens with zero attached hydrogens (tertiary/aromatic N) is 1. The van der Waals surface area contributed by atoms with Gasteiger partial charge in [-0.25, -0.2) is 4.98 Å². The first-order chi connectivity index (χ1) is 12.7. The van der Waals surface area contributed by atoms with Crippen molar-refractivity contribution in [2.24, 2.45) is 0 Å². The molecular weight excluding hydrogens is 370 g/mol. The molecule has 7 heteroatoms. The molecule has 0 atom stereocenters. The lowest BCUT2D eigenvalue weighted by molar-refractivity contribution is -0.141. The number of carbonyl (C=O) groups is 2. The van der Waals surface area contributed by atoms with Crippen LogP contribution in [0.3, 0.4) is 0 Å². The standard InChI is InChI=1S/C19H13NO4S2/c21-15(17-7-12-3-1-2-4-16(12)24-17)9-23-18(22)8-14-11-26-19(20-14)13-5-6-25-10-13/h1-7,10-11H,8-9H2. The summed E-state index contributed by atoms with van der Waals surface area (Å²) in [7, 11) is 0. The fourth-order valence-corrected chi connectivity index (χ4v) is 3.97. The molecule has 130 valence electrons. The van der Waals surface area contributed by atoms with E-state index >= 15 is 0 Å². The molecule has 5 nitrogen and oxygen atoms in total. The molecule has 0 spiro atoms. The maximum absolute atomic E-state index is 12.1. The molecule has 0 fully saturated rings. The van der Waals surface area contributed by atoms with Gasteiger partial charge >= 0.3 is 5.97 Å². The van der Waals surface area contributed by atoms with Gasteiger partial charge in [0.15, 0.2) is 12.4 Å². The van der Waals surface area contributed by atoms with Crippen molar-refractivity contribution in [1.29, 1.82) is 0 Å². The largest absolute Gasteiger partial charge is 0.457 e. The quantitative estimate of drug-likeness (QED) is 0.360. The lowest BCUT2D eigenvalue weighted by Crippen LogP contribution is -2.15. The third-order valence-electron chi connectivity index (χ3n) is 3.71. The van der Waals surface area contributed by atoms with Gasteiger partial charge in [0.25, 0.3) is 0 Å². The van der Waals surface area contributed by atoms with Crippen LogP contribution in [0.4, 0.5) is 0 Å². The van der Waals surface area contributed by atoms with E-state index in [1.807, 2.05) is 40.4 Å². The van der Waals surface area contributed by atoms with E-state index in [0.717, 1.165) is 16.0 Å². The number of aromatic nitrogens is 1. The Morgan fingerprint density at radius 1 is 1.15 bits per heavy atom. The minimum Gasteiger partial charge on any atom is -0.457 e. The third-order valence-corrected chi connectivity index (χ3v) is 5.33. The Balaban J connectivity index is 1.34. The van der Waals surface area contributed by atoms with Crippen LogP contribution in [0.15, 0.2) is 57.0 Å². The minimum absolute atomic E-state index is 0.0358. The second-order valence-electron chi connectivity index (χ2n) is 5.57. The van der Waals surface area contributed by atoms with Crippen molar-refractivity contribution in [1.82, 2.24) is 4.98 Å². The first kappa shape index (κ1) is 16.7. The molecule has 0 saturated heterocycles. The molecule has 0 N–H and O–H groups in total. The number of ketones is 1. The summed E-state index contributed by atoms with van der Waals surface area (Å²) in [5, 5.41) is 7.52. The average Bonchev–Trinajstić information content (AvgIpc) is 3.38. The highest BCUT2D eigenvalue weighted by Crippen LogP contribution is 2.26. The second kappa shape index (κ2) is 7.23. The van der Waals surface area contributed by atoms with Crippen LogP contribution in [0.25, 0.3) is 21.5 Å². The Labute approximate surface area is 156 Å². The number of thiophene rings is 1. The zero-order valence-corrected chi connectivity index (χ0v) is 15.1. The van der Waals surface area contributed by atoms with E-state index in [2.05, 4.69) is 4.98 Å². The van der Waals surface area contributed by atoms with Crippen LogP contribution >= 0.6 is 22.7 Å². The van der Waals surface area contributed by atoms with Crippen LogP contribution in [0, 0.1) is 0 Å². The van der Waals surface area contributed by atoms with Crippen LogP contribution < -0.4 is 0 Å². The summed E-state index contributed by atoms with van der Waals surface area (Å²) in [5.74, 6) is -0.671. The molecule has 0 saturated carbocycles. The van der Waals surface area contributed by atoms with Gasteiger partial charge in [-0.05, 0) is 23.6 Å². The Morgan fingerprint density at radius 2 is 2.04 bits per heavy atom. The van der Waals surface area contributed by atoms with Crippen molar-refractivity contribution in [3.05, 3.63) is 64.0 Å². The van der Waals surface area contributed by atoms with Crippen LogP contribution in [0.1, 0.15) is 16.2 Å². The molecular formula is C19H13NO4S2. The van der Waals surface area contributed by atoms with Gasteiger partial charge in [0, 0.05) is 21.7 Å². The van der Waals surface area contributed by atoms with Gasteiger partial charge in [-0.1, -0.05) is 18.2 Å². The number of para-hydroxylation sites is 1. The van der Waals surface area contributed by atoms with Gasteiger partial charge in [0.2, 0.25) is 5.78 Å². The molecule has 3 heterocycles. The monoisotopic (exact) mass is 383 g/mol. The number of rotatable bonds is 6. The molecule has 0 bridgehead atoms. The molecule has 3 aromatic heterocycles. The van der Waals surface area contributed by atoms with E-state index in [0.29, 0.717) is 11.3 Å². The fourth-order valence-electron chi connectivity index (χ4n) is 2.44. The number of furan rings is 1. The van der Waals surface area contributed by atoms with Crippen LogP contribution in [0.5, 0.6) is 0 Å². The van der Waals surface area contributed by atoms with E-state index in [1.165, 1.54) is 11.3 Å². The normalized spacial score (nSPS) is 10.9. The molecule has 0 aliphatic rings. The second-order valence-corrected chi connectivity index (χ2v) is 7.20. The number of thiazole rings is 1. The van der Waals surface area contributed by atoms with Gasteiger partial charge < -0.3 is 9.15 Å². The Hall–Kier alpha value is -2.77. The highest BCUT2D eigenvalue weighted by Gasteiger charge is 2.16. The summed E-state index contributed by atoms with van der Waals surface area (Å²) < 4.78 is 10.6. The summed E-state index contributed by atoms with van der Waals surface area (Å²) in [6.07, 6.45) is 0.0358. The maximum atomic E-state index is 12.1. The molecule has 0 radical (unpaired) electrons. The van der Waals surface area contributed by atoms with Crippen molar-refractivity contribution in [3.63, 3.8) is 0 Å². The fraction of sp³-hybridized carbons (Fsp3) is 0.105. The molecule has 0 aliphatic carbocycles. The number of esters is 1. The summed E-state index contributed by atoms with van der Waals surface area (Å²) in [4.78, 5) is 28.6. The topological polar surface area (TPSA) is 69.4 Å². The smallest absolute Gasteiger partial charge is 0.312 e. The average molecular weight is 383 g/mol. The van der Waals surface area contributed by atoms with E-state index in [9.17, 15) is 9.59 Å². The first-order valence-electron chi connectivity index (χ1n) is 7.83. The van der Waals surface area contributed by atoms with Gasteiger partial charge in [-0.2, -0.15) is 11.3 Å². The Morgan fingerprint density at radius 3 is 2.85 bits per heavy atom. The zero-order chi connectivity index (χ0) is 17.9. The van der Waals surface area contributed by atoms with E-state index in [1.54, 1.807) is 23.5 Å². The van der Waals surface area contributed by atoms with Gasteiger partial charge in [-0.15, -0.1) is 11.3 Å². The maximum Gasteiger partial charge on any atom is 0.312 e. The predicted molar refractivity (Wildman–Crippen MR) is 101 cm³/mol. The number of Topliss-reactive ketones (excluding diaryl/α,β-unsaturated/α-hetero) is 1. The van der Waals surface area contributed by atoms with E-state index in [4.69, 9.17) is 9.15 Å². The Kier molecular flexibility index (Phi) is 4.64. The summed E-state index contributed by atoms with van der Waals surface area (Å²) in [6, 6.07) is 11.0. The minimum atomic E-state index is -0.489. The van der Waals surface area contributed by atoms with Crippen LogP contribution in [0.2, 0.25) is 0 Å². The predicted octanol–water partition coefficient (Wildman–Crippen LogP) is 4.59. The highest BCUT2D eigenvalue weighted by atomic mass is 32.1. The lowest BCUT2D eigenvalue weighted by Gasteiger charge is -2.01. The number of carbonyl (C=O) groups excluding carboxylic acids is 2. The molecule has 26 heavy (non-hydrogen) atoms. The summed E-state index contributed by atoms with van der Waals surface area (Å²) in [6.45, 7) is -0.347. The third kappa shape index (κ3) is 3.58. The van der Waals surface area contributed by atoms with Crippen molar-refractivity contribution in [3.8, 4) is 10.6 Å². The lowest BCUT2D eigenvalue weighted by atomic mass is 10.2. The Bertz CT molecular complexity index is 1030. The number of fused-ring (bicyclic) bond motifs is 1.